The van der Waals surface area contributed by atoms with E-state index in [4.69, 9.17) is 19.5 Å². The highest BCUT2D eigenvalue weighted by Crippen LogP contribution is 2.45. The second-order valence-electron chi connectivity index (χ2n) is 9.55. The molecule has 0 saturated heterocycles. The maximum atomic E-state index is 12.1. The summed E-state index contributed by atoms with van der Waals surface area (Å²) in [5.41, 5.74) is 6.55. The summed E-state index contributed by atoms with van der Waals surface area (Å²) in [4.78, 5) is 21.5. The van der Waals surface area contributed by atoms with Crippen LogP contribution >= 0.6 is 7.82 Å². The molecule has 0 heterocycles. The summed E-state index contributed by atoms with van der Waals surface area (Å²) in [6, 6.07) is 8.01. The Morgan fingerprint density at radius 2 is 1.63 bits per heavy atom. The van der Waals surface area contributed by atoms with Crippen molar-refractivity contribution in [2.24, 2.45) is 11.7 Å². The Morgan fingerprint density at radius 1 is 1.03 bits per heavy atom. The molecule has 0 bridgehead atoms. The molecule has 8 heteroatoms. The van der Waals surface area contributed by atoms with E-state index in [1.807, 2.05) is 24.3 Å². The molecule has 0 fully saturated rings. The number of benzene rings is 1. The van der Waals surface area contributed by atoms with Gasteiger partial charge < -0.3 is 20.2 Å². The van der Waals surface area contributed by atoms with Crippen molar-refractivity contribution in [1.29, 1.82) is 0 Å². The monoisotopic (exact) mass is 513 g/mol. The van der Waals surface area contributed by atoms with Gasteiger partial charge in [0.05, 0.1) is 19.3 Å². The molecule has 7 nitrogen and oxygen atoms in total. The molecular formula is C27H48NO6P. The fraction of sp³-hybridized carbons (Fsp3) is 0.741. The van der Waals surface area contributed by atoms with Gasteiger partial charge in [-0.1, -0.05) is 70.4 Å². The molecule has 3 N–H and O–H groups in total. The molecular weight excluding hydrogens is 465 g/mol. The van der Waals surface area contributed by atoms with Crippen molar-refractivity contribution >= 4 is 13.6 Å². The number of ether oxygens (including phenoxy) is 1. The van der Waals surface area contributed by atoms with Crippen LogP contribution in [0.4, 0.5) is 0 Å². The second kappa shape index (κ2) is 18.9. The van der Waals surface area contributed by atoms with Crippen molar-refractivity contribution in [2.75, 3.05) is 19.8 Å². The average Bonchev–Trinajstić information content (AvgIpc) is 2.82. The average molecular weight is 514 g/mol. The van der Waals surface area contributed by atoms with Gasteiger partial charge in [0.25, 0.3) is 0 Å². The van der Waals surface area contributed by atoms with E-state index in [0.717, 1.165) is 30.8 Å². The molecule has 0 saturated carbocycles. The van der Waals surface area contributed by atoms with E-state index >= 15 is 0 Å². The van der Waals surface area contributed by atoms with E-state index in [1.165, 1.54) is 58.3 Å². The Morgan fingerprint density at radius 3 is 2.20 bits per heavy atom. The second-order valence-corrected chi connectivity index (χ2v) is 11.0. The minimum absolute atomic E-state index is 0.0165. The molecule has 1 aromatic carbocycles. The molecule has 3 atom stereocenters. The number of phosphoric acid groups is 1. The lowest BCUT2D eigenvalue weighted by Crippen LogP contribution is -2.20. The first-order valence-corrected chi connectivity index (χ1v) is 14.8. The molecule has 0 aromatic heterocycles. The molecule has 1 rings (SSSR count). The zero-order valence-electron chi connectivity index (χ0n) is 22.1. The number of ketones is 1. The van der Waals surface area contributed by atoms with Gasteiger partial charge in [-0.3, -0.25) is 9.05 Å². The summed E-state index contributed by atoms with van der Waals surface area (Å²) in [7, 11) is -4.20. The predicted octanol–water partition coefficient (Wildman–Crippen LogP) is 6.60. The van der Waals surface area contributed by atoms with Crippen molar-refractivity contribution in [3.63, 3.8) is 0 Å². The normalized spacial score (nSPS) is 14.9. The summed E-state index contributed by atoms with van der Waals surface area (Å²) in [5.74, 6) is 0.708. The minimum Gasteiger partial charge on any atom is -0.494 e. The van der Waals surface area contributed by atoms with Gasteiger partial charge in [0.1, 0.15) is 11.5 Å². The lowest BCUT2D eigenvalue weighted by atomic mass is 9.96. The van der Waals surface area contributed by atoms with Crippen LogP contribution in [-0.4, -0.2) is 36.5 Å². The summed E-state index contributed by atoms with van der Waals surface area (Å²) < 4.78 is 28.0. The number of hydrogen-bond acceptors (Lipinski definition) is 6. The number of rotatable bonds is 22. The Hall–Kier alpha value is -1.24. The summed E-state index contributed by atoms with van der Waals surface area (Å²) >= 11 is 0. The predicted molar refractivity (Wildman–Crippen MR) is 142 cm³/mol. The van der Waals surface area contributed by atoms with Crippen molar-refractivity contribution in [3.05, 3.63) is 29.8 Å². The molecule has 0 radical (unpaired) electrons. The van der Waals surface area contributed by atoms with Gasteiger partial charge in [0.15, 0.2) is 0 Å². The van der Waals surface area contributed by atoms with Crippen LogP contribution < -0.4 is 10.5 Å². The van der Waals surface area contributed by atoms with E-state index in [9.17, 15) is 14.3 Å². The Balaban J connectivity index is 2.32. The smallest absolute Gasteiger partial charge is 0.472 e. The van der Waals surface area contributed by atoms with Crippen LogP contribution in [0.3, 0.4) is 0 Å². The number of aryl methyl sites for hydroxylation is 1. The Bertz CT molecular complexity index is 727. The number of carbonyl (C=O) groups excluding carboxylic acids is 1. The van der Waals surface area contributed by atoms with Gasteiger partial charge in [-0.15, -0.1) is 0 Å². The number of nitrogens with two attached hydrogens (primary N) is 1. The van der Waals surface area contributed by atoms with Crippen LogP contribution in [0.15, 0.2) is 24.3 Å². The maximum absolute atomic E-state index is 12.1. The zero-order valence-corrected chi connectivity index (χ0v) is 23.0. The topological polar surface area (TPSA) is 108 Å². The molecule has 0 aliphatic carbocycles. The fourth-order valence-electron chi connectivity index (χ4n) is 3.88. The van der Waals surface area contributed by atoms with E-state index < -0.39 is 13.9 Å². The quantitative estimate of drug-likeness (QED) is 0.133. The van der Waals surface area contributed by atoms with Crippen LogP contribution in [0, 0.1) is 5.92 Å². The van der Waals surface area contributed by atoms with Crippen LogP contribution in [0.2, 0.25) is 0 Å². The number of hydrogen-bond donors (Lipinski definition) is 2. The Labute approximate surface area is 212 Å². The van der Waals surface area contributed by atoms with Gasteiger partial charge in [-0.2, -0.15) is 0 Å². The minimum atomic E-state index is -4.20. The Kier molecular flexibility index (Phi) is 17.2. The summed E-state index contributed by atoms with van der Waals surface area (Å²) in [5, 5.41) is 0. The first-order valence-electron chi connectivity index (χ1n) is 13.3. The number of unbranched alkanes of at least 4 members (excludes halogenated alkanes) is 8. The van der Waals surface area contributed by atoms with Crippen molar-refractivity contribution in [1.82, 2.24) is 0 Å². The van der Waals surface area contributed by atoms with E-state index in [0.29, 0.717) is 6.42 Å². The highest BCUT2D eigenvalue weighted by molar-refractivity contribution is 7.47. The first kappa shape index (κ1) is 31.8. The molecule has 0 spiro atoms. The fourth-order valence-corrected chi connectivity index (χ4v) is 4.88. The molecule has 0 aliphatic heterocycles. The molecule has 0 aliphatic rings. The highest BCUT2D eigenvalue weighted by atomic mass is 31.2. The third-order valence-electron chi connectivity index (χ3n) is 5.98. The highest BCUT2D eigenvalue weighted by Gasteiger charge is 2.26. The van der Waals surface area contributed by atoms with Crippen LogP contribution in [0.5, 0.6) is 5.75 Å². The van der Waals surface area contributed by atoms with Crippen LogP contribution in [0.25, 0.3) is 0 Å². The van der Waals surface area contributed by atoms with Crippen molar-refractivity contribution in [2.45, 2.75) is 104 Å². The van der Waals surface area contributed by atoms with Gasteiger partial charge in [-0.25, -0.2) is 4.57 Å². The molecule has 3 unspecified atom stereocenters. The third-order valence-corrected chi connectivity index (χ3v) is 7.08. The van der Waals surface area contributed by atoms with Crippen LogP contribution in [0.1, 0.15) is 97.0 Å². The van der Waals surface area contributed by atoms with E-state index in [-0.39, 0.29) is 31.3 Å². The van der Waals surface area contributed by atoms with Crippen LogP contribution in [-0.2, 0) is 24.8 Å². The third kappa shape index (κ3) is 17.0. The standard InChI is InChI=1S/C27H48NO6P/c1-4-5-6-7-8-9-10-11-12-19-32-27-17-15-25(16-18-27)13-14-26(20-23(2)29)22-33-35(30,31)34-24(3)21-28/h15-18,24,26H,4-14,19-22,28H2,1-3H3,(H,30,31). The van der Waals surface area contributed by atoms with Crippen molar-refractivity contribution < 1.29 is 28.0 Å². The molecule has 0 amide bonds. The largest absolute Gasteiger partial charge is 0.494 e. The number of Topliss-reactive ketones (excluding diaryl/α,β-unsaturated/α-hetero) is 1. The first-order chi connectivity index (χ1) is 16.8. The molecule has 35 heavy (non-hydrogen) atoms. The molecule has 1 aromatic rings. The molecule has 202 valence electrons. The van der Waals surface area contributed by atoms with Gasteiger partial charge in [0, 0.05) is 13.0 Å². The lowest BCUT2D eigenvalue weighted by molar-refractivity contribution is -0.118. The summed E-state index contributed by atoms with van der Waals surface area (Å²) in [6.07, 6.45) is 12.7. The van der Waals surface area contributed by atoms with E-state index in [1.54, 1.807) is 6.92 Å². The number of phosphoric ester groups is 1. The number of carbonyl (C=O) groups is 1. The van der Waals surface area contributed by atoms with Gasteiger partial charge in [0.2, 0.25) is 0 Å². The van der Waals surface area contributed by atoms with Gasteiger partial charge in [-0.05, 0) is 56.7 Å². The summed E-state index contributed by atoms with van der Waals surface area (Å²) in [6.45, 7) is 6.19. The van der Waals surface area contributed by atoms with E-state index in [2.05, 4.69) is 6.92 Å². The zero-order chi connectivity index (χ0) is 25.9. The lowest BCUT2D eigenvalue weighted by Gasteiger charge is -2.20. The van der Waals surface area contributed by atoms with Crippen molar-refractivity contribution in [3.8, 4) is 5.75 Å². The maximum Gasteiger partial charge on any atom is 0.472 e. The SMILES string of the molecule is CCCCCCCCCCCOc1ccc(CCC(COP(=O)(O)OC(C)CN)CC(C)=O)cc1. The van der Waals surface area contributed by atoms with Gasteiger partial charge >= 0.3 is 7.82 Å².